The van der Waals surface area contributed by atoms with Gasteiger partial charge < -0.3 is 24.9 Å². The van der Waals surface area contributed by atoms with Crippen LogP contribution < -0.4 is 10.2 Å². The first kappa shape index (κ1) is 22.7. The second-order valence-electron chi connectivity index (χ2n) is 7.56. The van der Waals surface area contributed by atoms with Gasteiger partial charge in [0.2, 0.25) is 0 Å². The predicted molar refractivity (Wildman–Crippen MR) is 128 cm³/mol. The Kier molecular flexibility index (Phi) is 9.61. The van der Waals surface area contributed by atoms with Gasteiger partial charge in [-0.1, -0.05) is 6.92 Å². The average Bonchev–Trinajstić information content (AvgIpc) is 3.19. The molecule has 1 unspecified atom stereocenters. The summed E-state index contributed by atoms with van der Waals surface area (Å²) in [6.07, 6.45) is 0. The molecule has 3 heterocycles. The molecule has 2 aliphatic heterocycles. The largest absolute Gasteiger partial charge is 0.360 e. The minimum Gasteiger partial charge on any atom is -0.360 e. The zero-order valence-corrected chi connectivity index (χ0v) is 20.1. The Morgan fingerprint density at radius 1 is 1.15 bits per heavy atom. The third-order valence-electron chi connectivity index (χ3n) is 5.38. The van der Waals surface area contributed by atoms with Crippen molar-refractivity contribution in [2.24, 2.45) is 10.9 Å². The standard InChI is InChI=1S/C19H34N6S.HI/c1-17(16-23-8-6-22(3)7-9-23)15-21-19(20-2)25-12-10-24(11-13-25)18-5-4-14-26-18;/h4-5,14,17H,6-13,15-16H2,1-3H3,(H,20,21);1H. The molecule has 0 radical (unpaired) electrons. The number of nitrogens with one attached hydrogen (secondary N) is 1. The molecule has 0 saturated carbocycles. The Morgan fingerprint density at radius 3 is 2.44 bits per heavy atom. The molecule has 2 saturated heterocycles. The summed E-state index contributed by atoms with van der Waals surface area (Å²) in [5.74, 6) is 1.68. The highest BCUT2D eigenvalue weighted by Gasteiger charge is 2.21. The third kappa shape index (κ3) is 6.76. The highest BCUT2D eigenvalue weighted by Crippen LogP contribution is 2.22. The van der Waals surface area contributed by atoms with Crippen LogP contribution in [0.2, 0.25) is 0 Å². The third-order valence-corrected chi connectivity index (χ3v) is 6.31. The lowest BCUT2D eigenvalue weighted by Crippen LogP contribution is -2.53. The SMILES string of the molecule is CN=C(NCC(C)CN1CCN(C)CC1)N1CCN(c2cccs2)CC1.I. The van der Waals surface area contributed by atoms with E-state index in [4.69, 9.17) is 0 Å². The number of anilines is 1. The van der Waals surface area contributed by atoms with Crippen LogP contribution in [0.1, 0.15) is 6.92 Å². The minimum absolute atomic E-state index is 0. The van der Waals surface area contributed by atoms with Gasteiger partial charge >= 0.3 is 0 Å². The molecule has 0 bridgehead atoms. The molecule has 0 spiro atoms. The topological polar surface area (TPSA) is 37.4 Å². The van der Waals surface area contributed by atoms with Crippen LogP contribution in [0, 0.1) is 5.92 Å². The molecule has 27 heavy (non-hydrogen) atoms. The first-order valence-electron chi connectivity index (χ1n) is 9.80. The molecule has 8 heteroatoms. The molecule has 0 aliphatic carbocycles. The van der Waals surface area contributed by atoms with Crippen LogP contribution in [-0.4, -0.2) is 100 Å². The van der Waals surface area contributed by atoms with Crippen molar-refractivity contribution in [2.75, 3.05) is 84.4 Å². The van der Waals surface area contributed by atoms with E-state index in [0.29, 0.717) is 5.92 Å². The Bertz CT molecular complexity index is 551. The molecular formula is C19H35IN6S. The molecule has 6 nitrogen and oxygen atoms in total. The molecule has 0 aromatic carbocycles. The highest BCUT2D eigenvalue weighted by atomic mass is 127. The van der Waals surface area contributed by atoms with Crippen molar-refractivity contribution < 1.29 is 0 Å². The van der Waals surface area contributed by atoms with Gasteiger partial charge in [0.25, 0.3) is 0 Å². The van der Waals surface area contributed by atoms with Crippen molar-refractivity contribution >= 4 is 46.3 Å². The Balaban J connectivity index is 0.00000261. The van der Waals surface area contributed by atoms with Gasteiger partial charge in [0.05, 0.1) is 5.00 Å². The highest BCUT2D eigenvalue weighted by molar-refractivity contribution is 14.0. The second kappa shape index (κ2) is 11.4. The van der Waals surface area contributed by atoms with E-state index in [-0.39, 0.29) is 24.0 Å². The summed E-state index contributed by atoms with van der Waals surface area (Å²) in [4.78, 5) is 14.4. The Morgan fingerprint density at radius 2 is 1.85 bits per heavy atom. The van der Waals surface area contributed by atoms with Gasteiger partial charge in [-0.15, -0.1) is 35.3 Å². The summed E-state index contributed by atoms with van der Waals surface area (Å²) in [6, 6.07) is 4.35. The van der Waals surface area contributed by atoms with Crippen molar-refractivity contribution in [3.8, 4) is 0 Å². The molecule has 1 aromatic heterocycles. The molecule has 0 amide bonds. The maximum Gasteiger partial charge on any atom is 0.193 e. The number of hydrogen-bond donors (Lipinski definition) is 1. The lowest BCUT2D eigenvalue weighted by atomic mass is 10.1. The first-order chi connectivity index (χ1) is 12.7. The molecule has 1 aromatic rings. The summed E-state index contributed by atoms with van der Waals surface area (Å²) in [7, 11) is 4.11. The van der Waals surface area contributed by atoms with E-state index < -0.39 is 0 Å². The van der Waals surface area contributed by atoms with Gasteiger partial charge in [0, 0.05) is 72.5 Å². The molecule has 154 valence electrons. The van der Waals surface area contributed by atoms with Crippen molar-refractivity contribution in [2.45, 2.75) is 6.92 Å². The van der Waals surface area contributed by atoms with Gasteiger partial charge in [-0.05, 0) is 30.5 Å². The average molecular weight is 507 g/mol. The zero-order valence-electron chi connectivity index (χ0n) is 16.9. The monoisotopic (exact) mass is 506 g/mol. The molecular weight excluding hydrogens is 471 g/mol. The number of piperazine rings is 2. The lowest BCUT2D eigenvalue weighted by molar-refractivity contribution is 0.139. The fourth-order valence-corrected chi connectivity index (χ4v) is 4.51. The van der Waals surface area contributed by atoms with Crippen molar-refractivity contribution in [3.63, 3.8) is 0 Å². The maximum atomic E-state index is 4.52. The van der Waals surface area contributed by atoms with Crippen LogP contribution in [-0.2, 0) is 0 Å². The quantitative estimate of drug-likeness (QED) is 0.376. The van der Waals surface area contributed by atoms with Crippen LogP contribution >= 0.6 is 35.3 Å². The molecule has 1 atom stereocenters. The smallest absolute Gasteiger partial charge is 0.193 e. The molecule has 2 fully saturated rings. The van der Waals surface area contributed by atoms with Crippen LogP contribution in [0.5, 0.6) is 0 Å². The summed E-state index contributed by atoms with van der Waals surface area (Å²) < 4.78 is 0. The fourth-order valence-electron chi connectivity index (χ4n) is 3.72. The zero-order chi connectivity index (χ0) is 18.4. The van der Waals surface area contributed by atoms with Crippen LogP contribution in [0.15, 0.2) is 22.5 Å². The van der Waals surface area contributed by atoms with Gasteiger partial charge in [0.1, 0.15) is 0 Å². The minimum atomic E-state index is 0. The Labute approximate surface area is 185 Å². The molecule has 2 aliphatic rings. The van der Waals surface area contributed by atoms with Crippen molar-refractivity contribution in [1.29, 1.82) is 0 Å². The van der Waals surface area contributed by atoms with E-state index in [9.17, 15) is 0 Å². The van der Waals surface area contributed by atoms with E-state index in [2.05, 4.69) is 61.4 Å². The lowest BCUT2D eigenvalue weighted by Gasteiger charge is -2.37. The molecule has 3 rings (SSSR count). The van der Waals surface area contributed by atoms with Crippen molar-refractivity contribution in [3.05, 3.63) is 17.5 Å². The van der Waals surface area contributed by atoms with E-state index in [1.165, 1.54) is 37.7 Å². The predicted octanol–water partition coefficient (Wildman–Crippen LogP) is 1.95. The van der Waals surface area contributed by atoms with Gasteiger partial charge in [0.15, 0.2) is 5.96 Å². The normalized spacial score (nSPS) is 21.1. The summed E-state index contributed by atoms with van der Waals surface area (Å²) in [5.41, 5.74) is 0. The van der Waals surface area contributed by atoms with Gasteiger partial charge in [-0.3, -0.25) is 4.99 Å². The number of guanidine groups is 1. The molecule has 1 N–H and O–H groups in total. The van der Waals surface area contributed by atoms with Gasteiger partial charge in [-0.25, -0.2) is 0 Å². The number of halogens is 1. The van der Waals surface area contributed by atoms with E-state index in [1.54, 1.807) is 0 Å². The Hall–Kier alpha value is -0.580. The van der Waals surface area contributed by atoms with Crippen molar-refractivity contribution in [1.82, 2.24) is 20.0 Å². The number of rotatable bonds is 5. The summed E-state index contributed by atoms with van der Waals surface area (Å²) in [5, 5.41) is 7.15. The van der Waals surface area contributed by atoms with Gasteiger partial charge in [-0.2, -0.15) is 0 Å². The summed E-state index contributed by atoms with van der Waals surface area (Å²) in [6.45, 7) is 13.5. The number of thiophene rings is 1. The number of aliphatic imine (C=N–C) groups is 1. The van der Waals surface area contributed by atoms with Crippen LogP contribution in [0.4, 0.5) is 5.00 Å². The second-order valence-corrected chi connectivity index (χ2v) is 8.49. The van der Waals surface area contributed by atoms with E-state index >= 15 is 0 Å². The van der Waals surface area contributed by atoms with Crippen LogP contribution in [0.25, 0.3) is 0 Å². The number of nitrogens with zero attached hydrogens (tertiary/aromatic N) is 5. The fraction of sp³-hybridized carbons (Fsp3) is 0.737. The van der Waals surface area contributed by atoms with E-state index in [1.807, 2.05) is 18.4 Å². The number of hydrogen-bond acceptors (Lipinski definition) is 5. The maximum absolute atomic E-state index is 4.52. The first-order valence-corrected chi connectivity index (χ1v) is 10.7. The van der Waals surface area contributed by atoms with E-state index in [0.717, 1.165) is 38.7 Å². The number of likely N-dealkylation sites (N-methyl/N-ethyl adjacent to an activating group) is 1. The van der Waals surface area contributed by atoms with Crippen LogP contribution in [0.3, 0.4) is 0 Å². The summed E-state index contributed by atoms with van der Waals surface area (Å²) >= 11 is 1.83.